The molecule has 1 amide bonds. The first-order valence-corrected chi connectivity index (χ1v) is 8.25. The van der Waals surface area contributed by atoms with Crippen LogP contribution in [-0.4, -0.2) is 25.8 Å². The molecule has 0 saturated carbocycles. The number of hydrogen-bond acceptors (Lipinski definition) is 3. The zero-order valence-electron chi connectivity index (χ0n) is 11.9. The monoisotopic (exact) mass is 335 g/mol. The zero-order valence-corrected chi connectivity index (χ0v) is 12.7. The average Bonchev–Trinajstić information content (AvgIpc) is 2.43. The van der Waals surface area contributed by atoms with E-state index in [2.05, 4.69) is 5.32 Å². The second-order valence-corrected chi connectivity index (χ2v) is 6.79. The molecular weight excluding hydrogens is 319 g/mol. The van der Waals surface area contributed by atoms with Crippen molar-refractivity contribution in [1.82, 2.24) is 0 Å². The van der Waals surface area contributed by atoms with E-state index in [0.29, 0.717) is 0 Å². The van der Waals surface area contributed by atoms with Crippen molar-refractivity contribution in [3.05, 3.63) is 42.0 Å². The van der Waals surface area contributed by atoms with Gasteiger partial charge in [-0.05, 0) is 25.1 Å². The van der Waals surface area contributed by atoms with Gasteiger partial charge < -0.3 is 5.32 Å². The minimum Gasteiger partial charge on any atom is -0.326 e. The van der Waals surface area contributed by atoms with Crippen molar-refractivity contribution >= 4 is 21.4 Å². The maximum Gasteiger partial charge on any atom is 0.416 e. The average molecular weight is 335 g/mol. The van der Waals surface area contributed by atoms with Gasteiger partial charge in [0.05, 0.1) is 17.1 Å². The topological polar surface area (TPSA) is 63.2 Å². The quantitative estimate of drug-likeness (QED) is 0.813. The number of nitrogens with one attached hydrogen (secondary N) is 1. The fourth-order valence-electron chi connectivity index (χ4n) is 1.57. The Hall–Kier alpha value is -1.83. The van der Waals surface area contributed by atoms with Crippen LogP contribution in [0.3, 0.4) is 0 Å². The number of carbonyl (C=O) groups excluding carboxylic acids is 1. The third-order valence-electron chi connectivity index (χ3n) is 2.70. The molecular formula is C14H16F3NO3S. The Balaban J connectivity index is 2.63. The normalized spacial score (nSPS) is 12.5. The van der Waals surface area contributed by atoms with Crippen LogP contribution in [0.15, 0.2) is 36.4 Å². The lowest BCUT2D eigenvalue weighted by Crippen LogP contribution is -2.18. The van der Waals surface area contributed by atoms with Crippen LogP contribution < -0.4 is 5.32 Å². The Morgan fingerprint density at radius 3 is 2.59 bits per heavy atom. The molecule has 1 rings (SSSR count). The summed E-state index contributed by atoms with van der Waals surface area (Å²) in [5.74, 6) is -1.17. The minimum absolute atomic E-state index is 0.0225. The van der Waals surface area contributed by atoms with Crippen LogP contribution in [0.4, 0.5) is 18.9 Å². The van der Waals surface area contributed by atoms with Crippen LogP contribution in [0.1, 0.15) is 18.9 Å². The van der Waals surface area contributed by atoms with Crippen molar-refractivity contribution in [1.29, 1.82) is 0 Å². The van der Waals surface area contributed by atoms with Gasteiger partial charge in [0.2, 0.25) is 5.91 Å². The molecule has 0 aliphatic heterocycles. The molecule has 0 fully saturated rings. The first kappa shape index (κ1) is 18.2. The smallest absolute Gasteiger partial charge is 0.326 e. The van der Waals surface area contributed by atoms with Crippen LogP contribution in [0.5, 0.6) is 0 Å². The predicted octanol–water partition coefficient (Wildman–Crippen LogP) is 3.02. The van der Waals surface area contributed by atoms with E-state index in [1.165, 1.54) is 18.2 Å². The van der Waals surface area contributed by atoms with Crippen LogP contribution in [-0.2, 0) is 20.8 Å². The van der Waals surface area contributed by atoms with Gasteiger partial charge in [0.1, 0.15) is 0 Å². The van der Waals surface area contributed by atoms with Gasteiger partial charge in [-0.2, -0.15) is 13.2 Å². The molecule has 1 N–H and O–H groups in total. The third-order valence-corrected chi connectivity index (χ3v) is 4.23. The van der Waals surface area contributed by atoms with Crippen LogP contribution >= 0.6 is 0 Å². The van der Waals surface area contributed by atoms with Gasteiger partial charge in [-0.3, -0.25) is 4.79 Å². The third kappa shape index (κ3) is 6.30. The van der Waals surface area contributed by atoms with Gasteiger partial charge in [0.25, 0.3) is 0 Å². The standard InChI is InChI=1S/C14H16F3NO3S/c1-2-3-8-22(20,21)9-7-13(19)18-12-6-4-5-11(10-12)14(15,16)17/h2-6,10H,7-9H2,1H3,(H,18,19). The zero-order chi connectivity index (χ0) is 16.8. The summed E-state index contributed by atoms with van der Waals surface area (Å²) in [5.41, 5.74) is -0.906. The molecule has 8 heteroatoms. The van der Waals surface area contributed by atoms with Crippen LogP contribution in [0.2, 0.25) is 0 Å². The summed E-state index contributed by atoms with van der Waals surface area (Å²) in [5, 5.41) is 2.26. The largest absolute Gasteiger partial charge is 0.416 e. The van der Waals surface area contributed by atoms with E-state index in [-0.39, 0.29) is 23.6 Å². The van der Waals surface area contributed by atoms with Gasteiger partial charge >= 0.3 is 6.18 Å². The highest BCUT2D eigenvalue weighted by Crippen LogP contribution is 2.30. The Bertz CT molecular complexity index is 652. The van der Waals surface area contributed by atoms with Crippen molar-refractivity contribution in [3.8, 4) is 0 Å². The van der Waals surface area contributed by atoms with E-state index in [1.807, 2.05) is 0 Å². The number of carbonyl (C=O) groups is 1. The number of sulfone groups is 1. The number of hydrogen-bond donors (Lipinski definition) is 1. The molecule has 0 heterocycles. The van der Waals surface area contributed by atoms with Crippen LogP contribution in [0, 0.1) is 0 Å². The molecule has 0 unspecified atom stereocenters. The van der Waals surface area contributed by atoms with Gasteiger partial charge in [-0.1, -0.05) is 18.2 Å². The highest BCUT2D eigenvalue weighted by Gasteiger charge is 2.30. The SMILES string of the molecule is CC=CCS(=O)(=O)CCC(=O)Nc1cccc(C(F)(F)F)c1. The Morgan fingerprint density at radius 2 is 2.00 bits per heavy atom. The van der Waals surface area contributed by atoms with Crippen molar-refractivity contribution in [2.24, 2.45) is 0 Å². The molecule has 0 aliphatic carbocycles. The molecule has 0 bridgehead atoms. The van der Waals surface area contributed by atoms with Gasteiger partial charge in [0, 0.05) is 12.1 Å². The fraction of sp³-hybridized carbons (Fsp3) is 0.357. The molecule has 0 spiro atoms. The van der Waals surface area contributed by atoms with Crippen molar-refractivity contribution in [2.45, 2.75) is 19.5 Å². The molecule has 0 aliphatic rings. The lowest BCUT2D eigenvalue weighted by atomic mass is 10.2. The number of amides is 1. The lowest BCUT2D eigenvalue weighted by Gasteiger charge is -2.09. The van der Waals surface area contributed by atoms with Crippen molar-refractivity contribution < 1.29 is 26.4 Å². The minimum atomic E-state index is -4.50. The molecule has 0 atom stereocenters. The summed E-state index contributed by atoms with van der Waals surface area (Å²) < 4.78 is 60.7. The fourth-order valence-corrected chi connectivity index (χ4v) is 2.72. The summed E-state index contributed by atoms with van der Waals surface area (Å²) in [7, 11) is -3.39. The van der Waals surface area contributed by atoms with Gasteiger partial charge in [0.15, 0.2) is 9.84 Å². The molecule has 0 aromatic heterocycles. The van der Waals surface area contributed by atoms with Crippen molar-refractivity contribution in [3.63, 3.8) is 0 Å². The van der Waals surface area contributed by atoms with E-state index >= 15 is 0 Å². The predicted molar refractivity (Wildman–Crippen MR) is 78.2 cm³/mol. The number of halogens is 3. The van der Waals surface area contributed by atoms with E-state index in [9.17, 15) is 26.4 Å². The molecule has 0 radical (unpaired) electrons. The number of rotatable bonds is 6. The molecule has 4 nitrogen and oxygen atoms in total. The molecule has 122 valence electrons. The van der Waals surface area contributed by atoms with E-state index < -0.39 is 27.5 Å². The molecule has 22 heavy (non-hydrogen) atoms. The number of allylic oxidation sites excluding steroid dienone is 1. The number of benzene rings is 1. The maximum atomic E-state index is 12.5. The summed E-state index contributed by atoms with van der Waals surface area (Å²) in [6.07, 6.45) is -1.77. The first-order chi connectivity index (χ1) is 10.1. The van der Waals surface area contributed by atoms with E-state index in [0.717, 1.165) is 12.1 Å². The van der Waals surface area contributed by atoms with Gasteiger partial charge in [-0.15, -0.1) is 0 Å². The number of alkyl halides is 3. The van der Waals surface area contributed by atoms with Crippen LogP contribution in [0.25, 0.3) is 0 Å². The summed E-state index contributed by atoms with van der Waals surface area (Å²) >= 11 is 0. The van der Waals surface area contributed by atoms with Crippen molar-refractivity contribution in [2.75, 3.05) is 16.8 Å². The molecule has 1 aromatic rings. The summed E-state index contributed by atoms with van der Waals surface area (Å²) in [6.45, 7) is 1.68. The molecule has 0 saturated heterocycles. The highest BCUT2D eigenvalue weighted by atomic mass is 32.2. The highest BCUT2D eigenvalue weighted by molar-refractivity contribution is 7.91. The van der Waals surface area contributed by atoms with E-state index in [1.54, 1.807) is 13.0 Å². The first-order valence-electron chi connectivity index (χ1n) is 6.43. The number of anilines is 1. The lowest BCUT2D eigenvalue weighted by molar-refractivity contribution is -0.137. The summed E-state index contributed by atoms with van der Waals surface area (Å²) in [6, 6.07) is 4.16. The molecule has 1 aromatic carbocycles. The Labute approximate surface area is 126 Å². The summed E-state index contributed by atoms with van der Waals surface area (Å²) in [4.78, 5) is 11.6. The second-order valence-electron chi connectivity index (χ2n) is 4.56. The second kappa shape index (κ2) is 7.44. The van der Waals surface area contributed by atoms with Gasteiger partial charge in [-0.25, -0.2) is 8.42 Å². The Kier molecular flexibility index (Phi) is 6.16. The Morgan fingerprint density at radius 1 is 1.32 bits per heavy atom. The maximum absolute atomic E-state index is 12.5. The van der Waals surface area contributed by atoms with E-state index in [4.69, 9.17) is 0 Å².